The fraction of sp³-hybridized carbons (Fsp3) is 0.444. The third kappa shape index (κ3) is 6.57. The second-order valence-corrected chi connectivity index (χ2v) is 10.6. The summed E-state index contributed by atoms with van der Waals surface area (Å²) in [7, 11) is 0. The Balaban J connectivity index is 1.71. The van der Waals surface area contributed by atoms with E-state index in [1.807, 2.05) is 51.3 Å². The van der Waals surface area contributed by atoms with Crippen LogP contribution in [0.25, 0.3) is 11.1 Å². The third-order valence-corrected chi connectivity index (χ3v) is 6.81. The van der Waals surface area contributed by atoms with Crippen molar-refractivity contribution in [3.63, 3.8) is 0 Å². The summed E-state index contributed by atoms with van der Waals surface area (Å²) in [6.45, 7) is 5.79. The molecule has 2 amide bonds. The van der Waals surface area contributed by atoms with E-state index in [2.05, 4.69) is 29.6 Å². The molecule has 2 aromatic rings. The summed E-state index contributed by atoms with van der Waals surface area (Å²) in [6.07, 6.45) is 1.53. The zero-order valence-corrected chi connectivity index (χ0v) is 21.6. The molecule has 1 atom stereocenters. The normalized spacial score (nSPS) is 13.5. The smallest absolute Gasteiger partial charge is 0.407 e. The van der Waals surface area contributed by atoms with Gasteiger partial charge in [-0.2, -0.15) is 11.8 Å². The molecule has 2 aromatic carbocycles. The van der Waals surface area contributed by atoms with Gasteiger partial charge < -0.3 is 20.1 Å². The van der Waals surface area contributed by atoms with Gasteiger partial charge in [0.1, 0.15) is 12.6 Å². The fourth-order valence-electron chi connectivity index (χ4n) is 4.45. The number of thioether (sulfide) groups is 1. The van der Waals surface area contributed by atoms with Gasteiger partial charge in [0.15, 0.2) is 0 Å². The van der Waals surface area contributed by atoms with Crippen molar-refractivity contribution in [3.8, 4) is 11.1 Å². The summed E-state index contributed by atoms with van der Waals surface area (Å²) in [5.74, 6) is -0.689. The van der Waals surface area contributed by atoms with E-state index in [0.29, 0.717) is 12.2 Å². The Hall–Kier alpha value is -3.00. The number of amides is 2. The maximum Gasteiger partial charge on any atom is 0.407 e. The minimum atomic E-state index is -0.975. The number of rotatable bonds is 10. The summed E-state index contributed by atoms with van der Waals surface area (Å²) in [5, 5.41) is 11.9. The highest BCUT2D eigenvalue weighted by molar-refractivity contribution is 7.98. The number of nitrogens with one attached hydrogen (secondary N) is 1. The quantitative estimate of drug-likeness (QED) is 0.491. The van der Waals surface area contributed by atoms with Gasteiger partial charge in [-0.15, -0.1) is 0 Å². The zero-order valence-electron chi connectivity index (χ0n) is 20.7. The van der Waals surface area contributed by atoms with E-state index in [4.69, 9.17) is 9.84 Å². The fourth-order valence-corrected chi connectivity index (χ4v) is 4.92. The van der Waals surface area contributed by atoms with Crippen LogP contribution in [0.5, 0.6) is 0 Å². The maximum absolute atomic E-state index is 13.4. The second-order valence-electron chi connectivity index (χ2n) is 9.61. The predicted octanol–water partition coefficient (Wildman–Crippen LogP) is 4.75. The van der Waals surface area contributed by atoms with Crippen LogP contribution in [-0.2, 0) is 14.3 Å². The van der Waals surface area contributed by atoms with Crippen molar-refractivity contribution in [2.45, 2.75) is 51.1 Å². The molecule has 188 valence electrons. The molecule has 0 saturated carbocycles. The van der Waals surface area contributed by atoms with Crippen LogP contribution in [0.1, 0.15) is 50.7 Å². The van der Waals surface area contributed by atoms with Crippen LogP contribution in [0, 0.1) is 0 Å². The molecule has 0 fully saturated rings. The number of carbonyl (C=O) groups is 3. The third-order valence-electron chi connectivity index (χ3n) is 6.17. The lowest BCUT2D eigenvalue weighted by Gasteiger charge is -2.38. The van der Waals surface area contributed by atoms with E-state index in [1.165, 1.54) is 4.90 Å². The highest BCUT2D eigenvalue weighted by atomic mass is 32.2. The topological polar surface area (TPSA) is 95.9 Å². The zero-order chi connectivity index (χ0) is 25.6. The number of carboxylic acid groups (broad SMARTS) is 1. The molecule has 7 nitrogen and oxygen atoms in total. The van der Waals surface area contributed by atoms with E-state index < -0.39 is 23.6 Å². The number of nitrogens with zero attached hydrogens (tertiary/aromatic N) is 1. The minimum absolute atomic E-state index is 0.0693. The lowest BCUT2D eigenvalue weighted by molar-refractivity contribution is -0.141. The highest BCUT2D eigenvalue weighted by Crippen LogP contribution is 2.44. The van der Waals surface area contributed by atoms with Crippen LogP contribution in [-0.4, -0.2) is 64.7 Å². The number of hydrogen-bond acceptors (Lipinski definition) is 5. The van der Waals surface area contributed by atoms with Gasteiger partial charge in [-0.3, -0.25) is 9.59 Å². The van der Waals surface area contributed by atoms with E-state index in [0.717, 1.165) is 22.3 Å². The van der Waals surface area contributed by atoms with Gasteiger partial charge in [-0.05, 0) is 61.5 Å². The molecule has 35 heavy (non-hydrogen) atoms. The van der Waals surface area contributed by atoms with Crippen molar-refractivity contribution in [2.24, 2.45) is 0 Å². The monoisotopic (exact) mass is 498 g/mol. The largest absolute Gasteiger partial charge is 0.481 e. The molecule has 2 N–H and O–H groups in total. The number of benzene rings is 2. The Morgan fingerprint density at radius 2 is 1.63 bits per heavy atom. The Labute approximate surface area is 211 Å². The van der Waals surface area contributed by atoms with Crippen LogP contribution in [0.4, 0.5) is 4.79 Å². The number of hydrogen-bond donors (Lipinski definition) is 2. The molecule has 1 aliphatic rings. The second kappa shape index (κ2) is 11.6. The molecule has 0 heterocycles. The van der Waals surface area contributed by atoms with Gasteiger partial charge in [0.25, 0.3) is 0 Å². The molecule has 0 bridgehead atoms. The van der Waals surface area contributed by atoms with E-state index in [9.17, 15) is 14.4 Å². The van der Waals surface area contributed by atoms with Crippen LogP contribution in [0.2, 0.25) is 0 Å². The molecule has 0 unspecified atom stereocenters. The van der Waals surface area contributed by atoms with Crippen molar-refractivity contribution in [2.75, 3.05) is 25.2 Å². The lowest BCUT2D eigenvalue weighted by Crippen LogP contribution is -2.55. The van der Waals surface area contributed by atoms with Gasteiger partial charge in [0.2, 0.25) is 5.91 Å². The Morgan fingerprint density at radius 3 is 2.14 bits per heavy atom. The lowest BCUT2D eigenvalue weighted by atomic mass is 9.98. The number of carbonyl (C=O) groups excluding carboxylic acids is 2. The molecule has 0 aliphatic heterocycles. The minimum Gasteiger partial charge on any atom is -0.481 e. The Morgan fingerprint density at radius 1 is 1.06 bits per heavy atom. The van der Waals surface area contributed by atoms with Crippen LogP contribution < -0.4 is 5.32 Å². The van der Waals surface area contributed by atoms with Gasteiger partial charge in [0, 0.05) is 18.0 Å². The van der Waals surface area contributed by atoms with Gasteiger partial charge in [-0.1, -0.05) is 48.5 Å². The van der Waals surface area contributed by atoms with Crippen molar-refractivity contribution in [1.29, 1.82) is 0 Å². The van der Waals surface area contributed by atoms with Crippen LogP contribution >= 0.6 is 11.8 Å². The summed E-state index contributed by atoms with van der Waals surface area (Å²) >= 11 is 1.57. The molecule has 0 radical (unpaired) electrons. The van der Waals surface area contributed by atoms with Crippen molar-refractivity contribution in [1.82, 2.24) is 10.2 Å². The van der Waals surface area contributed by atoms with Gasteiger partial charge in [0.05, 0.1) is 6.42 Å². The number of fused-ring (bicyclic) bond motifs is 3. The molecule has 3 rings (SSSR count). The van der Waals surface area contributed by atoms with E-state index >= 15 is 0 Å². The summed E-state index contributed by atoms with van der Waals surface area (Å²) < 4.78 is 5.64. The summed E-state index contributed by atoms with van der Waals surface area (Å²) in [4.78, 5) is 38.9. The molecular formula is C27H34N2O5S. The summed E-state index contributed by atoms with van der Waals surface area (Å²) in [5.41, 5.74) is 3.93. The van der Waals surface area contributed by atoms with E-state index in [1.54, 1.807) is 11.8 Å². The molecule has 0 aromatic heterocycles. The first-order valence-corrected chi connectivity index (χ1v) is 13.2. The molecule has 0 spiro atoms. The van der Waals surface area contributed by atoms with Crippen molar-refractivity contribution in [3.05, 3.63) is 59.7 Å². The first kappa shape index (κ1) is 26.6. The average Bonchev–Trinajstić information content (AvgIpc) is 3.13. The average molecular weight is 499 g/mol. The van der Waals surface area contributed by atoms with Crippen LogP contribution in [0.15, 0.2) is 48.5 Å². The molecule has 8 heteroatoms. The van der Waals surface area contributed by atoms with Crippen molar-refractivity contribution < 1.29 is 24.2 Å². The van der Waals surface area contributed by atoms with Crippen molar-refractivity contribution >= 4 is 29.7 Å². The SMILES string of the molecule is CSCC[C@@H](NC(=O)OCC1c2ccccc2-c2ccccc21)C(=O)N(CCC(=O)O)C(C)(C)C. The number of alkyl carbamates (subject to hydrolysis) is 1. The highest BCUT2D eigenvalue weighted by Gasteiger charge is 2.34. The standard InChI is InChI=1S/C27H34N2O5S/c1-27(2,3)29(15-13-24(30)31)25(32)23(14-16-35-4)28-26(33)34-17-22-20-11-7-5-9-18(20)19-10-6-8-12-21(19)22/h5-12,22-23H,13-17H2,1-4H3,(H,28,33)(H,30,31)/t23-/m1/s1. The summed E-state index contributed by atoms with van der Waals surface area (Å²) in [6, 6.07) is 15.4. The Bertz CT molecular complexity index is 1020. The van der Waals surface area contributed by atoms with E-state index in [-0.39, 0.29) is 31.4 Å². The maximum atomic E-state index is 13.4. The Kier molecular flexibility index (Phi) is 8.83. The first-order valence-electron chi connectivity index (χ1n) is 11.8. The number of ether oxygens (including phenoxy) is 1. The molecule has 0 saturated heterocycles. The predicted molar refractivity (Wildman–Crippen MR) is 139 cm³/mol. The molecular weight excluding hydrogens is 464 g/mol. The van der Waals surface area contributed by atoms with Gasteiger partial charge in [-0.25, -0.2) is 4.79 Å². The van der Waals surface area contributed by atoms with Gasteiger partial charge >= 0.3 is 12.1 Å². The number of aliphatic carboxylic acids is 1. The van der Waals surface area contributed by atoms with Crippen LogP contribution in [0.3, 0.4) is 0 Å². The molecule has 1 aliphatic carbocycles. The number of carboxylic acids is 1. The first-order chi connectivity index (χ1) is 16.6.